The first-order chi connectivity index (χ1) is 12.6. The molecule has 0 bridgehead atoms. The number of unbranched alkanes of at least 4 members (excludes halogenated alkanes) is 1. The summed E-state index contributed by atoms with van der Waals surface area (Å²) in [5.74, 6) is 1.34. The number of nitrogens with zero attached hydrogens (tertiary/aromatic N) is 2. The van der Waals surface area contributed by atoms with Gasteiger partial charge in [-0.15, -0.1) is 0 Å². The number of rotatable bonds is 7. The molecule has 0 fully saturated rings. The monoisotopic (exact) mass is 375 g/mol. The van der Waals surface area contributed by atoms with Crippen LogP contribution in [0.4, 0.5) is 15.9 Å². The van der Waals surface area contributed by atoms with Crippen molar-refractivity contribution >= 4 is 34.0 Å². The van der Waals surface area contributed by atoms with E-state index >= 15 is 0 Å². The van der Waals surface area contributed by atoms with Gasteiger partial charge in [0, 0.05) is 17.1 Å². The van der Waals surface area contributed by atoms with E-state index in [1.54, 1.807) is 13.2 Å². The minimum absolute atomic E-state index is 0.0394. The van der Waals surface area contributed by atoms with Gasteiger partial charge in [0.2, 0.25) is 0 Å². The van der Waals surface area contributed by atoms with Crippen LogP contribution in [-0.4, -0.2) is 23.7 Å². The van der Waals surface area contributed by atoms with Crippen LogP contribution in [0.2, 0.25) is 5.02 Å². The maximum absolute atomic E-state index is 13.3. The Labute approximate surface area is 156 Å². The van der Waals surface area contributed by atoms with Gasteiger partial charge < -0.3 is 14.8 Å². The fourth-order valence-corrected chi connectivity index (χ4v) is 2.65. The second-order valence-corrected chi connectivity index (χ2v) is 6.11. The maximum atomic E-state index is 13.3. The summed E-state index contributed by atoms with van der Waals surface area (Å²) in [6.07, 6.45) is 3.47. The number of hydrogen-bond donors (Lipinski definition) is 1. The second kappa shape index (κ2) is 8.19. The first-order valence-corrected chi connectivity index (χ1v) is 8.67. The molecule has 0 aliphatic rings. The number of nitrogens with one attached hydrogen (secondary N) is 1. The Morgan fingerprint density at radius 3 is 2.73 bits per heavy atom. The molecule has 0 radical (unpaired) electrons. The number of hydrogen-bond acceptors (Lipinski definition) is 5. The van der Waals surface area contributed by atoms with Crippen molar-refractivity contribution in [3.05, 3.63) is 47.5 Å². The van der Waals surface area contributed by atoms with Gasteiger partial charge in [0.05, 0.1) is 24.3 Å². The van der Waals surface area contributed by atoms with Crippen molar-refractivity contribution in [1.82, 2.24) is 9.97 Å². The molecule has 3 rings (SSSR count). The molecule has 7 heteroatoms. The van der Waals surface area contributed by atoms with E-state index in [1.807, 2.05) is 12.1 Å². The molecule has 0 saturated heterocycles. The van der Waals surface area contributed by atoms with Crippen molar-refractivity contribution in [3.63, 3.8) is 0 Å². The predicted molar refractivity (Wildman–Crippen MR) is 101 cm³/mol. The lowest BCUT2D eigenvalue weighted by Crippen LogP contribution is -2.01. The zero-order valence-corrected chi connectivity index (χ0v) is 15.3. The van der Waals surface area contributed by atoms with Crippen LogP contribution in [0.3, 0.4) is 0 Å². The van der Waals surface area contributed by atoms with Crippen LogP contribution in [0.5, 0.6) is 11.5 Å². The van der Waals surface area contributed by atoms with Gasteiger partial charge in [-0.05, 0) is 30.7 Å². The van der Waals surface area contributed by atoms with Crippen LogP contribution in [0.15, 0.2) is 36.7 Å². The summed E-state index contributed by atoms with van der Waals surface area (Å²) in [4.78, 5) is 8.59. The lowest BCUT2D eigenvalue weighted by molar-refractivity contribution is 0.289. The summed E-state index contributed by atoms with van der Waals surface area (Å²) >= 11 is 5.84. The Morgan fingerprint density at radius 2 is 2.00 bits per heavy atom. The van der Waals surface area contributed by atoms with Crippen LogP contribution < -0.4 is 14.8 Å². The molecule has 0 aliphatic heterocycles. The number of ether oxygens (including phenoxy) is 2. The van der Waals surface area contributed by atoms with Crippen LogP contribution >= 0.6 is 11.6 Å². The largest absolute Gasteiger partial charge is 0.493 e. The third-order valence-corrected chi connectivity index (χ3v) is 4.15. The van der Waals surface area contributed by atoms with Gasteiger partial charge in [0.15, 0.2) is 11.5 Å². The van der Waals surface area contributed by atoms with Gasteiger partial charge in [-0.1, -0.05) is 24.9 Å². The van der Waals surface area contributed by atoms with E-state index in [0.717, 1.165) is 18.2 Å². The van der Waals surface area contributed by atoms with Gasteiger partial charge >= 0.3 is 0 Å². The van der Waals surface area contributed by atoms with Crippen LogP contribution in [0, 0.1) is 5.82 Å². The van der Waals surface area contributed by atoms with Crippen LogP contribution in [-0.2, 0) is 0 Å². The topological polar surface area (TPSA) is 56.3 Å². The summed E-state index contributed by atoms with van der Waals surface area (Å²) < 4.78 is 24.6. The molecule has 1 heterocycles. The summed E-state index contributed by atoms with van der Waals surface area (Å²) in [7, 11) is 1.59. The Morgan fingerprint density at radius 1 is 1.15 bits per heavy atom. The zero-order chi connectivity index (χ0) is 18.5. The normalized spacial score (nSPS) is 10.8. The molecule has 0 aliphatic carbocycles. The molecule has 0 atom stereocenters. The third kappa shape index (κ3) is 3.96. The number of halogens is 2. The van der Waals surface area contributed by atoms with Gasteiger partial charge in [-0.3, -0.25) is 0 Å². The van der Waals surface area contributed by atoms with Crippen molar-refractivity contribution in [3.8, 4) is 11.5 Å². The van der Waals surface area contributed by atoms with E-state index in [4.69, 9.17) is 21.1 Å². The van der Waals surface area contributed by atoms with Crippen molar-refractivity contribution in [2.24, 2.45) is 0 Å². The molecular weight excluding hydrogens is 357 g/mol. The van der Waals surface area contributed by atoms with E-state index in [0.29, 0.717) is 35.1 Å². The highest BCUT2D eigenvalue weighted by molar-refractivity contribution is 6.31. The molecule has 0 spiro atoms. The SMILES string of the molecule is CCCCOc1cc2ncnc(Nc3ccc(F)c(Cl)c3)c2cc1OC. The predicted octanol–water partition coefficient (Wildman–Crippen LogP) is 5.35. The smallest absolute Gasteiger partial charge is 0.163 e. The van der Waals surface area contributed by atoms with Gasteiger partial charge in [0.1, 0.15) is 18.0 Å². The molecule has 0 saturated carbocycles. The Hall–Kier alpha value is -2.60. The van der Waals surface area contributed by atoms with E-state index in [1.165, 1.54) is 18.5 Å². The number of anilines is 2. The minimum Gasteiger partial charge on any atom is -0.493 e. The molecule has 5 nitrogen and oxygen atoms in total. The summed E-state index contributed by atoms with van der Waals surface area (Å²) in [6.45, 7) is 2.72. The summed E-state index contributed by atoms with van der Waals surface area (Å²) in [5.41, 5.74) is 1.33. The van der Waals surface area contributed by atoms with E-state index in [9.17, 15) is 4.39 Å². The molecule has 3 aromatic rings. The highest BCUT2D eigenvalue weighted by atomic mass is 35.5. The minimum atomic E-state index is -0.472. The van der Waals surface area contributed by atoms with Crippen molar-refractivity contribution in [2.75, 3.05) is 19.0 Å². The van der Waals surface area contributed by atoms with Crippen LogP contribution in [0.25, 0.3) is 10.9 Å². The van der Waals surface area contributed by atoms with Crippen molar-refractivity contribution in [1.29, 1.82) is 0 Å². The third-order valence-electron chi connectivity index (χ3n) is 3.86. The molecule has 1 aromatic heterocycles. The second-order valence-electron chi connectivity index (χ2n) is 5.70. The summed E-state index contributed by atoms with van der Waals surface area (Å²) in [6, 6.07) is 8.05. The number of methoxy groups -OCH3 is 1. The number of fused-ring (bicyclic) bond motifs is 1. The number of aromatic nitrogens is 2. The Bertz CT molecular complexity index is 921. The van der Waals surface area contributed by atoms with Gasteiger partial charge in [0.25, 0.3) is 0 Å². The lowest BCUT2D eigenvalue weighted by atomic mass is 10.2. The van der Waals surface area contributed by atoms with Gasteiger partial charge in [-0.2, -0.15) is 0 Å². The average molecular weight is 376 g/mol. The average Bonchev–Trinajstić information content (AvgIpc) is 2.64. The Balaban J connectivity index is 1.97. The first kappa shape index (κ1) is 18.2. The standard InChI is InChI=1S/C19H19ClFN3O2/c1-3-4-7-26-18-10-16-13(9-17(18)25-2)19(23-11-22-16)24-12-5-6-15(21)14(20)8-12/h5-6,8-11H,3-4,7H2,1-2H3,(H,22,23,24). The van der Waals surface area contributed by atoms with Crippen molar-refractivity contribution < 1.29 is 13.9 Å². The zero-order valence-electron chi connectivity index (χ0n) is 14.6. The molecule has 0 unspecified atom stereocenters. The van der Waals surface area contributed by atoms with E-state index in [2.05, 4.69) is 22.2 Å². The quantitative estimate of drug-likeness (QED) is 0.564. The molecule has 1 N–H and O–H groups in total. The maximum Gasteiger partial charge on any atom is 0.163 e. The Kier molecular flexibility index (Phi) is 5.73. The lowest BCUT2D eigenvalue weighted by Gasteiger charge is -2.13. The fourth-order valence-electron chi connectivity index (χ4n) is 2.47. The summed E-state index contributed by atoms with van der Waals surface area (Å²) in [5, 5.41) is 3.94. The van der Waals surface area contributed by atoms with E-state index < -0.39 is 5.82 Å². The molecule has 136 valence electrons. The highest BCUT2D eigenvalue weighted by Gasteiger charge is 2.12. The van der Waals surface area contributed by atoms with Crippen molar-refractivity contribution in [2.45, 2.75) is 19.8 Å². The highest BCUT2D eigenvalue weighted by Crippen LogP contribution is 2.35. The molecule has 0 amide bonds. The molecular formula is C19H19ClFN3O2. The first-order valence-electron chi connectivity index (χ1n) is 8.30. The van der Waals surface area contributed by atoms with E-state index in [-0.39, 0.29) is 5.02 Å². The van der Waals surface area contributed by atoms with Gasteiger partial charge in [-0.25, -0.2) is 14.4 Å². The molecule has 2 aromatic carbocycles. The molecule has 26 heavy (non-hydrogen) atoms. The number of benzene rings is 2. The fraction of sp³-hybridized carbons (Fsp3) is 0.263. The van der Waals surface area contributed by atoms with Crippen LogP contribution in [0.1, 0.15) is 19.8 Å².